The van der Waals surface area contributed by atoms with E-state index in [1.807, 2.05) is 12.1 Å². The number of carbonyl (C=O) groups is 2. The third-order valence-corrected chi connectivity index (χ3v) is 3.57. The van der Waals surface area contributed by atoms with E-state index < -0.39 is 0 Å². The molecule has 1 aliphatic heterocycles. The van der Waals surface area contributed by atoms with Crippen LogP contribution in [0.5, 0.6) is 0 Å². The van der Waals surface area contributed by atoms with E-state index in [0.717, 1.165) is 24.8 Å². The van der Waals surface area contributed by atoms with Gasteiger partial charge in [0, 0.05) is 25.3 Å². The fourth-order valence-corrected chi connectivity index (χ4v) is 2.27. The van der Waals surface area contributed by atoms with Gasteiger partial charge in [0.05, 0.1) is 0 Å². The molecular weight excluding hydrogens is 282 g/mol. The summed E-state index contributed by atoms with van der Waals surface area (Å²) < 4.78 is 5.33. The maximum absolute atomic E-state index is 11.8. The van der Waals surface area contributed by atoms with Crippen LogP contribution in [0.4, 0.5) is 0 Å². The van der Waals surface area contributed by atoms with Crippen LogP contribution in [0.1, 0.15) is 35.2 Å². The summed E-state index contributed by atoms with van der Waals surface area (Å²) in [5, 5.41) is 5.65. The Morgan fingerprint density at radius 3 is 2.64 bits per heavy atom. The molecule has 6 heteroatoms. The van der Waals surface area contributed by atoms with Crippen LogP contribution in [0.25, 0.3) is 0 Å². The Morgan fingerprint density at radius 2 is 2.00 bits per heavy atom. The molecule has 6 nitrogen and oxygen atoms in total. The summed E-state index contributed by atoms with van der Waals surface area (Å²) in [4.78, 5) is 23.7. The Balaban J connectivity index is 1.78. The molecule has 1 aromatic rings. The van der Waals surface area contributed by atoms with E-state index >= 15 is 0 Å². The third-order valence-electron chi connectivity index (χ3n) is 3.57. The fraction of sp³-hybridized carbons (Fsp3) is 0.500. The van der Waals surface area contributed by atoms with Crippen molar-refractivity contribution in [2.45, 2.75) is 31.9 Å². The third kappa shape index (κ3) is 4.82. The van der Waals surface area contributed by atoms with Gasteiger partial charge in [-0.25, -0.2) is 0 Å². The summed E-state index contributed by atoms with van der Waals surface area (Å²) in [5.41, 5.74) is 6.93. The minimum Gasteiger partial charge on any atom is -0.368 e. The van der Waals surface area contributed by atoms with Crippen molar-refractivity contribution in [1.29, 1.82) is 0 Å². The van der Waals surface area contributed by atoms with E-state index in [1.54, 1.807) is 12.1 Å². The highest BCUT2D eigenvalue weighted by atomic mass is 16.5. The molecule has 1 unspecified atom stereocenters. The van der Waals surface area contributed by atoms with Gasteiger partial charge in [-0.2, -0.15) is 0 Å². The van der Waals surface area contributed by atoms with Crippen molar-refractivity contribution in [2.24, 2.45) is 5.73 Å². The lowest BCUT2D eigenvalue weighted by molar-refractivity contribution is -0.130. The average molecular weight is 305 g/mol. The van der Waals surface area contributed by atoms with Crippen molar-refractivity contribution in [3.8, 4) is 0 Å². The summed E-state index contributed by atoms with van der Waals surface area (Å²) in [6.07, 6.45) is 2.17. The molecule has 1 fully saturated rings. The fourth-order valence-electron chi connectivity index (χ4n) is 2.27. The summed E-state index contributed by atoms with van der Waals surface area (Å²) in [6, 6.07) is 7.19. The molecule has 0 aliphatic carbocycles. The quantitative estimate of drug-likeness (QED) is 0.642. The lowest BCUT2D eigenvalue weighted by Gasteiger charge is -2.10. The summed E-state index contributed by atoms with van der Waals surface area (Å²) in [7, 11) is 0. The second kappa shape index (κ2) is 8.51. The van der Waals surface area contributed by atoms with Gasteiger partial charge in [-0.05, 0) is 43.5 Å². The highest BCUT2D eigenvalue weighted by Gasteiger charge is 2.22. The molecular formula is C16H23N3O3. The zero-order valence-electron chi connectivity index (χ0n) is 12.6. The lowest BCUT2D eigenvalue weighted by Crippen LogP contribution is -2.33. The Hall–Kier alpha value is -1.92. The Labute approximate surface area is 130 Å². The SMILES string of the molecule is NCCCNC(=O)c1ccc(CNC(=O)C2CCCO2)cc1. The molecule has 1 aromatic carbocycles. The number of benzene rings is 1. The molecule has 1 atom stereocenters. The lowest BCUT2D eigenvalue weighted by atomic mass is 10.1. The molecule has 2 amide bonds. The highest BCUT2D eigenvalue weighted by molar-refractivity contribution is 5.94. The maximum Gasteiger partial charge on any atom is 0.251 e. The van der Waals surface area contributed by atoms with E-state index in [1.165, 1.54) is 0 Å². The number of rotatable bonds is 7. The number of hydrogen-bond donors (Lipinski definition) is 3. The predicted octanol–water partition coefficient (Wildman–Crippen LogP) is 0.560. The topological polar surface area (TPSA) is 93.5 Å². The first-order chi connectivity index (χ1) is 10.7. The maximum atomic E-state index is 11.8. The largest absolute Gasteiger partial charge is 0.368 e. The monoisotopic (exact) mass is 305 g/mol. The Bertz CT molecular complexity index is 496. The summed E-state index contributed by atoms with van der Waals surface area (Å²) >= 11 is 0. The molecule has 2 rings (SSSR count). The summed E-state index contributed by atoms with van der Waals surface area (Å²) in [5.74, 6) is -0.176. The van der Waals surface area contributed by atoms with Gasteiger partial charge < -0.3 is 21.1 Å². The van der Waals surface area contributed by atoms with Crippen molar-refractivity contribution < 1.29 is 14.3 Å². The van der Waals surface area contributed by atoms with Gasteiger partial charge in [0.1, 0.15) is 6.10 Å². The van der Waals surface area contributed by atoms with Crippen LogP contribution in [-0.4, -0.2) is 37.6 Å². The molecule has 0 bridgehead atoms. The number of carbonyl (C=O) groups excluding carboxylic acids is 2. The number of ether oxygens (including phenoxy) is 1. The molecule has 0 saturated carbocycles. The van der Waals surface area contributed by atoms with Gasteiger partial charge in [-0.1, -0.05) is 12.1 Å². The Kier molecular flexibility index (Phi) is 6.36. The average Bonchev–Trinajstić information content (AvgIpc) is 3.08. The smallest absolute Gasteiger partial charge is 0.251 e. The van der Waals surface area contributed by atoms with Crippen LogP contribution < -0.4 is 16.4 Å². The molecule has 22 heavy (non-hydrogen) atoms. The zero-order valence-corrected chi connectivity index (χ0v) is 12.6. The van der Waals surface area contributed by atoms with Gasteiger partial charge in [0.15, 0.2) is 0 Å². The number of amides is 2. The second-order valence-electron chi connectivity index (χ2n) is 5.31. The molecule has 1 heterocycles. The van der Waals surface area contributed by atoms with E-state index in [-0.39, 0.29) is 17.9 Å². The molecule has 1 saturated heterocycles. The number of nitrogens with two attached hydrogens (primary N) is 1. The van der Waals surface area contributed by atoms with Crippen LogP contribution in [0.3, 0.4) is 0 Å². The van der Waals surface area contributed by atoms with Crippen molar-refractivity contribution >= 4 is 11.8 Å². The van der Waals surface area contributed by atoms with E-state index in [9.17, 15) is 9.59 Å². The van der Waals surface area contributed by atoms with Gasteiger partial charge in [-0.15, -0.1) is 0 Å². The van der Waals surface area contributed by atoms with Crippen molar-refractivity contribution in [1.82, 2.24) is 10.6 Å². The standard InChI is InChI=1S/C16H23N3O3/c17-8-2-9-18-15(20)13-6-4-12(5-7-13)11-19-16(21)14-3-1-10-22-14/h4-7,14H,1-3,8-11,17H2,(H,18,20)(H,19,21). The second-order valence-corrected chi connectivity index (χ2v) is 5.31. The first kappa shape index (κ1) is 16.5. The van der Waals surface area contributed by atoms with Crippen LogP contribution in [0.2, 0.25) is 0 Å². The number of nitrogens with one attached hydrogen (secondary N) is 2. The summed E-state index contributed by atoms with van der Waals surface area (Å²) in [6.45, 7) is 2.23. The van der Waals surface area contributed by atoms with Crippen molar-refractivity contribution in [2.75, 3.05) is 19.7 Å². The molecule has 0 aromatic heterocycles. The molecule has 0 radical (unpaired) electrons. The zero-order chi connectivity index (χ0) is 15.8. The van der Waals surface area contributed by atoms with Crippen LogP contribution in [-0.2, 0) is 16.1 Å². The van der Waals surface area contributed by atoms with Gasteiger partial charge >= 0.3 is 0 Å². The van der Waals surface area contributed by atoms with E-state index in [0.29, 0.717) is 31.8 Å². The van der Waals surface area contributed by atoms with Crippen molar-refractivity contribution in [3.63, 3.8) is 0 Å². The molecule has 4 N–H and O–H groups in total. The normalized spacial score (nSPS) is 17.2. The molecule has 1 aliphatic rings. The van der Waals surface area contributed by atoms with Gasteiger partial charge in [0.2, 0.25) is 5.91 Å². The predicted molar refractivity (Wildman–Crippen MR) is 83.3 cm³/mol. The van der Waals surface area contributed by atoms with Gasteiger partial charge in [0.25, 0.3) is 5.91 Å². The van der Waals surface area contributed by atoms with Crippen LogP contribution in [0.15, 0.2) is 24.3 Å². The Morgan fingerprint density at radius 1 is 1.23 bits per heavy atom. The minimum absolute atomic E-state index is 0.0684. The highest BCUT2D eigenvalue weighted by Crippen LogP contribution is 2.12. The van der Waals surface area contributed by atoms with Crippen LogP contribution >= 0.6 is 0 Å². The van der Waals surface area contributed by atoms with Crippen molar-refractivity contribution in [3.05, 3.63) is 35.4 Å². The van der Waals surface area contributed by atoms with Crippen LogP contribution in [0, 0.1) is 0 Å². The first-order valence-electron chi connectivity index (χ1n) is 7.67. The minimum atomic E-state index is -0.312. The van der Waals surface area contributed by atoms with E-state index in [4.69, 9.17) is 10.5 Å². The van der Waals surface area contributed by atoms with E-state index in [2.05, 4.69) is 10.6 Å². The number of hydrogen-bond acceptors (Lipinski definition) is 4. The molecule has 0 spiro atoms. The first-order valence-corrected chi connectivity index (χ1v) is 7.67. The van der Waals surface area contributed by atoms with Gasteiger partial charge in [-0.3, -0.25) is 9.59 Å². The molecule has 120 valence electrons.